The molecule has 0 bridgehead atoms. The first-order valence-electron chi connectivity index (χ1n) is 4.94. The molecule has 70 valence electrons. The first-order valence-corrected chi connectivity index (χ1v) is 4.94. The predicted octanol–water partition coefficient (Wildman–Crippen LogP) is 1.15. The zero-order chi connectivity index (χ0) is 8.65. The monoisotopic (exact) mass is 168 g/mol. The maximum absolute atomic E-state index is 3.43. The van der Waals surface area contributed by atoms with Gasteiger partial charge in [-0.3, -0.25) is 0 Å². The van der Waals surface area contributed by atoms with Crippen LogP contribution >= 0.6 is 0 Å². The summed E-state index contributed by atoms with van der Waals surface area (Å²) in [5.41, 5.74) is 0. The lowest BCUT2D eigenvalue weighted by Gasteiger charge is -2.21. The Kier molecular flexibility index (Phi) is 5.04. The summed E-state index contributed by atoms with van der Waals surface area (Å²) in [5, 5.41) is 6.53. The highest BCUT2D eigenvalue weighted by Gasteiger charge is 2.10. The molecule has 2 nitrogen and oxygen atoms in total. The second-order valence-corrected chi connectivity index (χ2v) is 3.48. The maximum atomic E-state index is 3.43. The van der Waals surface area contributed by atoms with E-state index in [2.05, 4.69) is 22.8 Å². The van der Waals surface area contributed by atoms with Crippen molar-refractivity contribution in [2.24, 2.45) is 5.92 Å². The highest BCUT2D eigenvalue weighted by Crippen LogP contribution is 2.13. The molecule has 0 aromatic heterocycles. The van der Waals surface area contributed by atoms with Gasteiger partial charge in [-0.05, 0) is 45.3 Å². The summed E-state index contributed by atoms with van der Waals surface area (Å²) in [5.74, 6) is 0.881. The van der Waals surface area contributed by atoms with Crippen LogP contribution in [-0.2, 0) is 0 Å². The van der Waals surface area contributed by atoms with Crippen molar-refractivity contribution in [2.75, 3.05) is 26.7 Å². The van der Waals surface area contributed by atoms with E-state index in [0.29, 0.717) is 0 Å². The number of allylic oxidation sites excluding steroid dienone is 1. The maximum Gasteiger partial charge on any atom is 0.0131 e. The molecule has 1 fully saturated rings. The van der Waals surface area contributed by atoms with Crippen LogP contribution in [-0.4, -0.2) is 26.7 Å². The first-order chi connectivity index (χ1) is 5.93. The predicted molar refractivity (Wildman–Crippen MR) is 53.3 cm³/mol. The lowest BCUT2D eigenvalue weighted by molar-refractivity contribution is 0.381. The van der Waals surface area contributed by atoms with Crippen molar-refractivity contribution in [1.82, 2.24) is 10.6 Å². The zero-order valence-corrected chi connectivity index (χ0v) is 7.97. The number of rotatable bonds is 4. The normalized spacial score (nSPS) is 24.9. The fourth-order valence-corrected chi connectivity index (χ4v) is 1.62. The largest absolute Gasteiger partial charge is 0.316 e. The van der Waals surface area contributed by atoms with Crippen molar-refractivity contribution in [3.63, 3.8) is 0 Å². The zero-order valence-electron chi connectivity index (χ0n) is 7.97. The Morgan fingerprint density at radius 2 is 2.42 bits per heavy atom. The van der Waals surface area contributed by atoms with Crippen LogP contribution in [0.3, 0.4) is 0 Å². The summed E-state index contributed by atoms with van der Waals surface area (Å²) in [7, 11) is 1.98. The van der Waals surface area contributed by atoms with Crippen LogP contribution in [0.2, 0.25) is 0 Å². The minimum absolute atomic E-state index is 0.881. The molecule has 0 radical (unpaired) electrons. The molecule has 1 aliphatic heterocycles. The molecule has 0 aromatic carbocycles. The second-order valence-electron chi connectivity index (χ2n) is 3.48. The average molecular weight is 168 g/mol. The van der Waals surface area contributed by atoms with Gasteiger partial charge < -0.3 is 10.6 Å². The van der Waals surface area contributed by atoms with E-state index in [-0.39, 0.29) is 0 Å². The smallest absolute Gasteiger partial charge is 0.0131 e. The Hall–Kier alpha value is -0.340. The van der Waals surface area contributed by atoms with Crippen molar-refractivity contribution >= 4 is 0 Å². The van der Waals surface area contributed by atoms with Gasteiger partial charge in [-0.25, -0.2) is 0 Å². The molecule has 0 saturated carbocycles. The van der Waals surface area contributed by atoms with Gasteiger partial charge >= 0.3 is 0 Å². The molecular formula is C10H20N2. The highest BCUT2D eigenvalue weighted by atomic mass is 14.9. The Morgan fingerprint density at radius 1 is 1.50 bits per heavy atom. The number of hydrogen-bond acceptors (Lipinski definition) is 2. The van der Waals surface area contributed by atoms with Crippen molar-refractivity contribution in [3.05, 3.63) is 12.2 Å². The lowest BCUT2D eigenvalue weighted by Crippen LogP contribution is -2.29. The Morgan fingerprint density at radius 3 is 3.08 bits per heavy atom. The van der Waals surface area contributed by atoms with E-state index in [1.807, 2.05) is 7.05 Å². The third-order valence-electron chi connectivity index (χ3n) is 2.36. The Labute approximate surface area is 75.4 Å². The molecule has 2 heteroatoms. The van der Waals surface area contributed by atoms with Gasteiger partial charge in [0.2, 0.25) is 0 Å². The molecule has 2 N–H and O–H groups in total. The quantitative estimate of drug-likeness (QED) is 0.615. The molecule has 1 atom stereocenters. The van der Waals surface area contributed by atoms with Gasteiger partial charge in [-0.2, -0.15) is 0 Å². The molecule has 0 spiro atoms. The molecule has 0 amide bonds. The van der Waals surface area contributed by atoms with Gasteiger partial charge in [0, 0.05) is 6.54 Å². The molecule has 1 unspecified atom stereocenters. The van der Waals surface area contributed by atoms with E-state index in [4.69, 9.17) is 0 Å². The lowest BCUT2D eigenvalue weighted by atomic mass is 9.96. The van der Waals surface area contributed by atoms with Gasteiger partial charge in [-0.15, -0.1) is 0 Å². The minimum atomic E-state index is 0.881. The average Bonchev–Trinajstić information content (AvgIpc) is 2.14. The molecular weight excluding hydrogens is 148 g/mol. The van der Waals surface area contributed by atoms with Crippen LogP contribution in [0.1, 0.15) is 19.3 Å². The van der Waals surface area contributed by atoms with E-state index in [0.717, 1.165) is 12.5 Å². The summed E-state index contributed by atoms with van der Waals surface area (Å²) in [4.78, 5) is 0. The third-order valence-corrected chi connectivity index (χ3v) is 2.36. The molecule has 12 heavy (non-hydrogen) atoms. The molecule has 1 rings (SSSR count). The van der Waals surface area contributed by atoms with Gasteiger partial charge in [-0.1, -0.05) is 12.2 Å². The standard InChI is InChI=1S/C10H20N2/c1-11-7-3-2-5-10-6-4-8-12-9-10/h2-3,10-12H,4-9H2,1H3/b3-2-. The van der Waals surface area contributed by atoms with Gasteiger partial charge in [0.05, 0.1) is 0 Å². The van der Waals surface area contributed by atoms with Crippen molar-refractivity contribution in [1.29, 1.82) is 0 Å². The minimum Gasteiger partial charge on any atom is -0.316 e. The summed E-state index contributed by atoms with van der Waals surface area (Å²) in [6.07, 6.45) is 8.51. The van der Waals surface area contributed by atoms with Gasteiger partial charge in [0.1, 0.15) is 0 Å². The van der Waals surface area contributed by atoms with Crippen molar-refractivity contribution in [3.8, 4) is 0 Å². The SMILES string of the molecule is CNC/C=C\CC1CCCNC1. The fourth-order valence-electron chi connectivity index (χ4n) is 1.62. The molecule has 0 aromatic rings. The van der Waals surface area contributed by atoms with Crippen LogP contribution in [0.15, 0.2) is 12.2 Å². The fraction of sp³-hybridized carbons (Fsp3) is 0.800. The Balaban J connectivity index is 2.04. The van der Waals surface area contributed by atoms with E-state index in [1.165, 1.54) is 32.4 Å². The Bertz CT molecular complexity index is 126. The third kappa shape index (κ3) is 3.88. The topological polar surface area (TPSA) is 24.1 Å². The van der Waals surface area contributed by atoms with Crippen LogP contribution in [0, 0.1) is 5.92 Å². The van der Waals surface area contributed by atoms with E-state index in [9.17, 15) is 0 Å². The second kappa shape index (κ2) is 6.21. The summed E-state index contributed by atoms with van der Waals surface area (Å²) in [6, 6.07) is 0. The summed E-state index contributed by atoms with van der Waals surface area (Å²) < 4.78 is 0. The van der Waals surface area contributed by atoms with Crippen molar-refractivity contribution < 1.29 is 0 Å². The number of hydrogen-bond donors (Lipinski definition) is 2. The van der Waals surface area contributed by atoms with Crippen LogP contribution in [0.5, 0.6) is 0 Å². The molecule has 1 saturated heterocycles. The van der Waals surface area contributed by atoms with Gasteiger partial charge in [0.15, 0.2) is 0 Å². The van der Waals surface area contributed by atoms with E-state index in [1.54, 1.807) is 0 Å². The number of piperidine rings is 1. The van der Waals surface area contributed by atoms with Gasteiger partial charge in [0.25, 0.3) is 0 Å². The molecule has 1 heterocycles. The summed E-state index contributed by atoms with van der Waals surface area (Å²) >= 11 is 0. The number of likely N-dealkylation sites (N-methyl/N-ethyl adjacent to an activating group) is 1. The molecule has 1 aliphatic rings. The first kappa shape index (κ1) is 9.75. The highest BCUT2D eigenvalue weighted by molar-refractivity contribution is 4.86. The molecule has 0 aliphatic carbocycles. The van der Waals surface area contributed by atoms with Crippen molar-refractivity contribution in [2.45, 2.75) is 19.3 Å². The van der Waals surface area contributed by atoms with Crippen LogP contribution < -0.4 is 10.6 Å². The van der Waals surface area contributed by atoms with Crippen LogP contribution in [0.4, 0.5) is 0 Å². The van der Waals surface area contributed by atoms with E-state index >= 15 is 0 Å². The number of nitrogens with one attached hydrogen (secondary N) is 2. The van der Waals surface area contributed by atoms with Crippen LogP contribution in [0.25, 0.3) is 0 Å². The van der Waals surface area contributed by atoms with E-state index < -0.39 is 0 Å². The summed E-state index contributed by atoms with van der Waals surface area (Å²) in [6.45, 7) is 3.43.